The van der Waals surface area contributed by atoms with E-state index < -0.39 is 0 Å². The standard InChI is InChI=1S/C9H14IN3O/c1-4-11-9-7(10)5-12-8(13-9)6(2)14-3/h5-6H,4H2,1-3H3,(H,11,12,13). The van der Waals surface area contributed by atoms with Crippen molar-refractivity contribution in [2.75, 3.05) is 19.0 Å². The molecule has 1 atom stereocenters. The molecule has 0 fully saturated rings. The molecule has 1 unspecified atom stereocenters. The Labute approximate surface area is 97.6 Å². The van der Waals surface area contributed by atoms with Gasteiger partial charge in [0.05, 0.1) is 3.57 Å². The van der Waals surface area contributed by atoms with Gasteiger partial charge < -0.3 is 10.1 Å². The molecule has 1 N–H and O–H groups in total. The fourth-order valence-corrected chi connectivity index (χ4v) is 1.42. The van der Waals surface area contributed by atoms with Gasteiger partial charge in [0.25, 0.3) is 0 Å². The Hall–Kier alpha value is -0.430. The minimum atomic E-state index is -0.0654. The Bertz CT molecular complexity index is 306. The van der Waals surface area contributed by atoms with Crippen LogP contribution in [0.25, 0.3) is 0 Å². The third kappa shape index (κ3) is 2.78. The Balaban J connectivity index is 2.93. The van der Waals surface area contributed by atoms with Gasteiger partial charge in [0, 0.05) is 19.9 Å². The lowest BCUT2D eigenvalue weighted by atomic mass is 10.3. The summed E-state index contributed by atoms with van der Waals surface area (Å²) in [6, 6.07) is 0. The molecule has 0 aliphatic rings. The van der Waals surface area contributed by atoms with Crippen LogP contribution in [0.1, 0.15) is 25.8 Å². The Morgan fingerprint density at radius 2 is 2.36 bits per heavy atom. The number of ether oxygens (including phenoxy) is 1. The molecule has 1 rings (SSSR count). The first-order valence-corrected chi connectivity index (χ1v) is 5.56. The summed E-state index contributed by atoms with van der Waals surface area (Å²) in [5, 5.41) is 3.18. The van der Waals surface area contributed by atoms with Crippen molar-refractivity contribution in [1.82, 2.24) is 9.97 Å². The smallest absolute Gasteiger partial charge is 0.159 e. The molecule has 1 heterocycles. The molecule has 78 valence electrons. The number of methoxy groups -OCH3 is 1. The maximum absolute atomic E-state index is 5.15. The van der Waals surface area contributed by atoms with Gasteiger partial charge in [-0.2, -0.15) is 0 Å². The predicted molar refractivity (Wildman–Crippen MR) is 64.3 cm³/mol. The van der Waals surface area contributed by atoms with Crippen LogP contribution in [0.4, 0.5) is 5.82 Å². The fourth-order valence-electron chi connectivity index (χ4n) is 0.973. The summed E-state index contributed by atoms with van der Waals surface area (Å²) in [4.78, 5) is 8.59. The molecule has 0 saturated carbocycles. The molecule has 0 aliphatic carbocycles. The summed E-state index contributed by atoms with van der Waals surface area (Å²) in [6.45, 7) is 4.82. The highest BCUT2D eigenvalue weighted by Crippen LogP contribution is 2.18. The second kappa shape index (κ2) is 5.45. The average molecular weight is 307 g/mol. The first-order chi connectivity index (χ1) is 6.69. The minimum Gasteiger partial charge on any atom is -0.374 e. The van der Waals surface area contributed by atoms with Gasteiger partial charge >= 0.3 is 0 Å². The molecule has 1 aromatic heterocycles. The molecule has 0 aromatic carbocycles. The summed E-state index contributed by atoms with van der Waals surface area (Å²) in [7, 11) is 1.65. The van der Waals surface area contributed by atoms with Crippen molar-refractivity contribution in [2.45, 2.75) is 20.0 Å². The summed E-state index contributed by atoms with van der Waals surface area (Å²) in [5.41, 5.74) is 0. The Kier molecular flexibility index (Phi) is 4.53. The van der Waals surface area contributed by atoms with Crippen LogP contribution in [0.3, 0.4) is 0 Å². The second-order valence-corrected chi connectivity index (χ2v) is 4.00. The van der Waals surface area contributed by atoms with E-state index >= 15 is 0 Å². The SMILES string of the molecule is CCNc1nc(C(C)OC)ncc1I. The second-order valence-electron chi connectivity index (χ2n) is 2.83. The highest BCUT2D eigenvalue weighted by atomic mass is 127. The number of halogens is 1. The number of rotatable bonds is 4. The van der Waals surface area contributed by atoms with Crippen LogP contribution in [0.2, 0.25) is 0 Å². The van der Waals surface area contributed by atoms with E-state index in [1.807, 2.05) is 13.8 Å². The minimum absolute atomic E-state index is 0.0654. The van der Waals surface area contributed by atoms with Crippen LogP contribution < -0.4 is 5.32 Å². The van der Waals surface area contributed by atoms with Crippen molar-refractivity contribution in [1.29, 1.82) is 0 Å². The number of hydrogen-bond donors (Lipinski definition) is 1. The largest absolute Gasteiger partial charge is 0.374 e. The quantitative estimate of drug-likeness (QED) is 0.867. The van der Waals surface area contributed by atoms with Crippen LogP contribution >= 0.6 is 22.6 Å². The van der Waals surface area contributed by atoms with Gasteiger partial charge in [-0.25, -0.2) is 9.97 Å². The average Bonchev–Trinajstić information content (AvgIpc) is 2.20. The topological polar surface area (TPSA) is 47.0 Å². The van der Waals surface area contributed by atoms with Crippen LogP contribution in [0.15, 0.2) is 6.20 Å². The van der Waals surface area contributed by atoms with Gasteiger partial charge in [-0.1, -0.05) is 0 Å². The van der Waals surface area contributed by atoms with Crippen molar-refractivity contribution in [3.63, 3.8) is 0 Å². The molecule has 5 heteroatoms. The zero-order valence-corrected chi connectivity index (χ0v) is 10.7. The lowest BCUT2D eigenvalue weighted by Crippen LogP contribution is -2.08. The molecular weight excluding hydrogens is 293 g/mol. The van der Waals surface area contributed by atoms with Crippen molar-refractivity contribution >= 4 is 28.4 Å². The van der Waals surface area contributed by atoms with E-state index in [-0.39, 0.29) is 6.10 Å². The van der Waals surface area contributed by atoms with Gasteiger partial charge in [0.15, 0.2) is 5.82 Å². The number of nitrogens with one attached hydrogen (secondary N) is 1. The van der Waals surface area contributed by atoms with E-state index in [1.54, 1.807) is 13.3 Å². The van der Waals surface area contributed by atoms with Crippen LogP contribution in [-0.2, 0) is 4.74 Å². The monoisotopic (exact) mass is 307 g/mol. The number of hydrogen-bond acceptors (Lipinski definition) is 4. The van der Waals surface area contributed by atoms with E-state index in [9.17, 15) is 0 Å². The maximum Gasteiger partial charge on any atom is 0.159 e. The van der Waals surface area contributed by atoms with Crippen LogP contribution in [-0.4, -0.2) is 23.6 Å². The molecule has 0 bridgehead atoms. The lowest BCUT2D eigenvalue weighted by Gasteiger charge is -2.10. The molecule has 0 aliphatic heterocycles. The number of anilines is 1. The summed E-state index contributed by atoms with van der Waals surface area (Å²) < 4.78 is 6.18. The molecule has 1 aromatic rings. The zero-order chi connectivity index (χ0) is 10.6. The summed E-state index contributed by atoms with van der Waals surface area (Å²) in [6.07, 6.45) is 1.74. The van der Waals surface area contributed by atoms with E-state index in [0.29, 0.717) is 5.82 Å². The number of nitrogens with zero attached hydrogens (tertiary/aromatic N) is 2. The van der Waals surface area contributed by atoms with E-state index in [0.717, 1.165) is 15.9 Å². The van der Waals surface area contributed by atoms with Crippen LogP contribution in [0, 0.1) is 3.57 Å². The highest BCUT2D eigenvalue weighted by Gasteiger charge is 2.09. The normalized spacial score (nSPS) is 12.6. The first kappa shape index (κ1) is 11.6. The molecule has 0 spiro atoms. The van der Waals surface area contributed by atoms with Crippen molar-refractivity contribution in [3.8, 4) is 0 Å². The summed E-state index contributed by atoms with van der Waals surface area (Å²) >= 11 is 2.21. The van der Waals surface area contributed by atoms with Gasteiger partial charge in [0.2, 0.25) is 0 Å². The molecule has 4 nitrogen and oxygen atoms in total. The zero-order valence-electron chi connectivity index (χ0n) is 8.54. The van der Waals surface area contributed by atoms with E-state index in [4.69, 9.17) is 4.74 Å². The third-order valence-corrected chi connectivity index (χ3v) is 2.61. The molecule has 0 amide bonds. The fraction of sp³-hybridized carbons (Fsp3) is 0.556. The lowest BCUT2D eigenvalue weighted by molar-refractivity contribution is 0.112. The van der Waals surface area contributed by atoms with Gasteiger partial charge in [-0.15, -0.1) is 0 Å². The predicted octanol–water partition coefficient (Wildman–Crippen LogP) is 2.22. The van der Waals surface area contributed by atoms with Crippen molar-refractivity contribution < 1.29 is 4.74 Å². The summed E-state index contributed by atoms with van der Waals surface area (Å²) in [5.74, 6) is 1.59. The van der Waals surface area contributed by atoms with E-state index in [1.165, 1.54) is 0 Å². The van der Waals surface area contributed by atoms with Gasteiger partial charge in [-0.3, -0.25) is 0 Å². The van der Waals surface area contributed by atoms with Gasteiger partial charge in [0.1, 0.15) is 11.9 Å². The molecular formula is C9H14IN3O. The van der Waals surface area contributed by atoms with Gasteiger partial charge in [-0.05, 0) is 36.4 Å². The van der Waals surface area contributed by atoms with Crippen molar-refractivity contribution in [2.24, 2.45) is 0 Å². The number of aromatic nitrogens is 2. The van der Waals surface area contributed by atoms with E-state index in [2.05, 4.69) is 37.9 Å². The molecule has 0 radical (unpaired) electrons. The first-order valence-electron chi connectivity index (χ1n) is 4.48. The third-order valence-electron chi connectivity index (χ3n) is 1.82. The Morgan fingerprint density at radius 3 is 2.93 bits per heavy atom. The molecule has 0 saturated heterocycles. The van der Waals surface area contributed by atoms with Crippen LogP contribution in [0.5, 0.6) is 0 Å². The van der Waals surface area contributed by atoms with Crippen molar-refractivity contribution in [3.05, 3.63) is 15.6 Å². The Morgan fingerprint density at radius 1 is 1.64 bits per heavy atom. The highest BCUT2D eigenvalue weighted by molar-refractivity contribution is 14.1. The molecule has 14 heavy (non-hydrogen) atoms. The maximum atomic E-state index is 5.15.